The number of hydrogen-bond acceptors (Lipinski definition) is 4. The Balaban J connectivity index is 2.51. The van der Waals surface area contributed by atoms with Crippen LogP contribution < -0.4 is 0 Å². The van der Waals surface area contributed by atoms with Crippen LogP contribution in [-0.4, -0.2) is 17.5 Å². The Bertz CT molecular complexity index is 223. The lowest BCUT2D eigenvalue weighted by molar-refractivity contribution is -0.107. The Morgan fingerprint density at radius 1 is 1.83 bits per heavy atom. The molecular formula is C8H11NOS2. The van der Waals surface area contributed by atoms with Gasteiger partial charge in [-0.2, -0.15) is 11.8 Å². The highest BCUT2D eigenvalue weighted by Gasteiger charge is 2.11. The van der Waals surface area contributed by atoms with Crippen molar-refractivity contribution in [2.75, 3.05) is 6.26 Å². The summed E-state index contributed by atoms with van der Waals surface area (Å²) in [5, 5.41) is 3.50. The van der Waals surface area contributed by atoms with Crippen molar-refractivity contribution in [2.45, 2.75) is 18.1 Å². The van der Waals surface area contributed by atoms with Gasteiger partial charge in [-0.1, -0.05) is 0 Å². The minimum Gasteiger partial charge on any atom is -0.303 e. The van der Waals surface area contributed by atoms with Crippen LogP contribution in [0.25, 0.3) is 0 Å². The van der Waals surface area contributed by atoms with Gasteiger partial charge in [-0.15, -0.1) is 11.3 Å². The standard InChI is InChI=1S/C8H11NOS2/c1-11-7(3-2-5-10)8-9-4-6-12-8/h4-7H,2-3H2,1H3. The number of thioether (sulfide) groups is 1. The van der Waals surface area contributed by atoms with E-state index in [1.165, 1.54) is 0 Å². The molecule has 1 unspecified atom stereocenters. The molecule has 0 aliphatic rings. The number of carbonyl (C=O) groups excluding carboxylic acids is 1. The summed E-state index contributed by atoms with van der Waals surface area (Å²) in [4.78, 5) is 14.4. The van der Waals surface area contributed by atoms with Crippen LogP contribution in [0, 0.1) is 0 Å². The van der Waals surface area contributed by atoms with Gasteiger partial charge in [-0.25, -0.2) is 4.98 Å². The van der Waals surface area contributed by atoms with E-state index in [-0.39, 0.29) is 0 Å². The Labute approximate surface area is 80.4 Å². The second kappa shape index (κ2) is 5.32. The third-order valence-corrected chi connectivity index (χ3v) is 3.62. The van der Waals surface area contributed by atoms with Gasteiger partial charge in [-0.05, 0) is 12.7 Å². The van der Waals surface area contributed by atoms with Crippen molar-refractivity contribution in [3.63, 3.8) is 0 Å². The van der Waals surface area contributed by atoms with E-state index in [9.17, 15) is 4.79 Å². The minimum absolute atomic E-state index is 0.398. The molecule has 1 atom stereocenters. The molecule has 1 aromatic rings. The molecule has 0 spiro atoms. The number of rotatable bonds is 5. The van der Waals surface area contributed by atoms with E-state index in [2.05, 4.69) is 11.2 Å². The van der Waals surface area contributed by atoms with Crippen molar-refractivity contribution in [3.8, 4) is 0 Å². The van der Waals surface area contributed by atoms with E-state index in [1.54, 1.807) is 23.1 Å². The lowest BCUT2D eigenvalue weighted by atomic mass is 10.2. The molecule has 0 radical (unpaired) electrons. The highest BCUT2D eigenvalue weighted by molar-refractivity contribution is 7.98. The van der Waals surface area contributed by atoms with E-state index < -0.39 is 0 Å². The van der Waals surface area contributed by atoms with Gasteiger partial charge in [-0.3, -0.25) is 0 Å². The lowest BCUT2D eigenvalue weighted by Crippen LogP contribution is -1.92. The van der Waals surface area contributed by atoms with Gasteiger partial charge in [0.05, 0.1) is 5.25 Å². The molecule has 0 bridgehead atoms. The largest absolute Gasteiger partial charge is 0.303 e. The third kappa shape index (κ3) is 2.60. The van der Waals surface area contributed by atoms with Crippen LogP contribution in [0.4, 0.5) is 0 Å². The molecule has 0 aliphatic heterocycles. The fraction of sp³-hybridized carbons (Fsp3) is 0.500. The number of thiazole rings is 1. The number of hydrogen-bond donors (Lipinski definition) is 0. The van der Waals surface area contributed by atoms with Crippen molar-refractivity contribution in [1.29, 1.82) is 0 Å². The van der Waals surface area contributed by atoms with Gasteiger partial charge in [0.25, 0.3) is 0 Å². The van der Waals surface area contributed by atoms with E-state index in [4.69, 9.17) is 0 Å². The first-order valence-electron chi connectivity index (χ1n) is 3.74. The normalized spacial score (nSPS) is 12.8. The summed E-state index contributed by atoms with van der Waals surface area (Å²) < 4.78 is 0. The molecule has 1 rings (SSSR count). The highest BCUT2D eigenvalue weighted by Crippen LogP contribution is 2.31. The topological polar surface area (TPSA) is 30.0 Å². The van der Waals surface area contributed by atoms with E-state index in [1.807, 2.05) is 11.6 Å². The Kier molecular flexibility index (Phi) is 4.32. The Morgan fingerprint density at radius 3 is 3.17 bits per heavy atom. The number of nitrogens with zero attached hydrogens (tertiary/aromatic N) is 1. The van der Waals surface area contributed by atoms with Gasteiger partial charge in [0, 0.05) is 18.0 Å². The summed E-state index contributed by atoms with van der Waals surface area (Å²) in [7, 11) is 0. The van der Waals surface area contributed by atoms with Crippen LogP contribution >= 0.6 is 23.1 Å². The number of aldehydes is 1. The maximum Gasteiger partial charge on any atom is 0.120 e. The summed E-state index contributed by atoms with van der Waals surface area (Å²) in [5.74, 6) is 0. The monoisotopic (exact) mass is 201 g/mol. The van der Waals surface area contributed by atoms with Crippen LogP contribution in [-0.2, 0) is 4.79 Å². The molecular weight excluding hydrogens is 190 g/mol. The smallest absolute Gasteiger partial charge is 0.120 e. The summed E-state index contributed by atoms with van der Waals surface area (Å²) in [6.45, 7) is 0. The summed E-state index contributed by atoms with van der Waals surface area (Å²) in [6.07, 6.45) is 6.36. The zero-order chi connectivity index (χ0) is 8.81. The van der Waals surface area contributed by atoms with Crippen LogP contribution in [0.1, 0.15) is 23.1 Å². The van der Waals surface area contributed by atoms with Gasteiger partial charge < -0.3 is 4.79 Å². The molecule has 1 aromatic heterocycles. The molecule has 2 nitrogen and oxygen atoms in total. The first-order valence-corrected chi connectivity index (χ1v) is 5.91. The maximum atomic E-state index is 10.2. The second-order valence-corrected chi connectivity index (χ2v) is 4.31. The first kappa shape index (κ1) is 9.74. The quantitative estimate of drug-likeness (QED) is 0.686. The van der Waals surface area contributed by atoms with E-state index in [0.717, 1.165) is 17.7 Å². The zero-order valence-corrected chi connectivity index (χ0v) is 8.53. The second-order valence-electron chi connectivity index (χ2n) is 2.34. The zero-order valence-electron chi connectivity index (χ0n) is 6.90. The van der Waals surface area contributed by atoms with Crippen LogP contribution in [0.3, 0.4) is 0 Å². The van der Waals surface area contributed by atoms with Crippen molar-refractivity contribution < 1.29 is 4.79 Å². The molecule has 4 heteroatoms. The average Bonchev–Trinajstić information content (AvgIpc) is 2.59. The molecule has 0 aliphatic carbocycles. The van der Waals surface area contributed by atoms with Crippen molar-refractivity contribution >= 4 is 29.4 Å². The molecule has 0 N–H and O–H groups in total. The Hall–Kier alpha value is -0.350. The molecule has 0 amide bonds. The molecule has 1 heterocycles. The summed E-state index contributed by atoms with van der Waals surface area (Å²) in [5.41, 5.74) is 0. The predicted molar refractivity (Wildman–Crippen MR) is 53.7 cm³/mol. The van der Waals surface area contributed by atoms with Crippen molar-refractivity contribution in [2.24, 2.45) is 0 Å². The van der Waals surface area contributed by atoms with Crippen LogP contribution in [0.2, 0.25) is 0 Å². The highest BCUT2D eigenvalue weighted by atomic mass is 32.2. The van der Waals surface area contributed by atoms with E-state index in [0.29, 0.717) is 11.7 Å². The Morgan fingerprint density at radius 2 is 2.67 bits per heavy atom. The fourth-order valence-electron chi connectivity index (χ4n) is 0.955. The van der Waals surface area contributed by atoms with Crippen LogP contribution in [0.15, 0.2) is 11.6 Å². The molecule has 0 saturated carbocycles. The maximum absolute atomic E-state index is 10.2. The number of carbonyl (C=O) groups is 1. The van der Waals surface area contributed by atoms with Gasteiger partial charge in [0.1, 0.15) is 11.3 Å². The fourth-order valence-corrected chi connectivity index (χ4v) is 2.70. The summed E-state index contributed by atoms with van der Waals surface area (Å²) in [6, 6.07) is 0. The first-order chi connectivity index (χ1) is 5.88. The molecule has 0 fully saturated rings. The van der Waals surface area contributed by atoms with Gasteiger partial charge in [0.2, 0.25) is 0 Å². The molecule has 66 valence electrons. The van der Waals surface area contributed by atoms with Crippen molar-refractivity contribution in [3.05, 3.63) is 16.6 Å². The molecule has 0 aromatic carbocycles. The van der Waals surface area contributed by atoms with E-state index >= 15 is 0 Å². The lowest BCUT2D eigenvalue weighted by Gasteiger charge is -2.08. The van der Waals surface area contributed by atoms with Gasteiger partial charge >= 0.3 is 0 Å². The number of aromatic nitrogens is 1. The predicted octanol–water partition coefficient (Wildman–Crippen LogP) is 2.53. The average molecular weight is 201 g/mol. The third-order valence-electron chi connectivity index (χ3n) is 1.56. The summed E-state index contributed by atoms with van der Waals surface area (Å²) >= 11 is 3.41. The molecule has 12 heavy (non-hydrogen) atoms. The van der Waals surface area contributed by atoms with Crippen LogP contribution in [0.5, 0.6) is 0 Å². The SMILES string of the molecule is CSC(CCC=O)c1nccs1. The molecule has 0 saturated heterocycles. The van der Waals surface area contributed by atoms with Gasteiger partial charge in [0.15, 0.2) is 0 Å². The minimum atomic E-state index is 0.398. The van der Waals surface area contributed by atoms with Crippen molar-refractivity contribution in [1.82, 2.24) is 4.98 Å².